The number of likely N-dealkylation sites (N-methyl/N-ethyl adjacent to an activating group) is 1. The van der Waals surface area contributed by atoms with Gasteiger partial charge in [-0.05, 0) is 82.4 Å². The molecule has 258 valence electrons. The molecule has 1 aliphatic heterocycles. The Hall–Kier alpha value is -5.18. The number of aromatic nitrogens is 1. The van der Waals surface area contributed by atoms with Gasteiger partial charge in [-0.25, -0.2) is 0 Å². The van der Waals surface area contributed by atoms with E-state index in [4.69, 9.17) is 9.47 Å². The number of carbonyl (C=O) groups excluding carboxylic acids is 1. The number of hydrogen-bond donors (Lipinski definition) is 2. The van der Waals surface area contributed by atoms with Crippen molar-refractivity contribution in [3.05, 3.63) is 173 Å². The number of hydrogen-bond acceptors (Lipinski definition) is 6. The highest BCUT2D eigenvalue weighted by Crippen LogP contribution is 2.39. The van der Waals surface area contributed by atoms with Gasteiger partial charge in [-0.3, -0.25) is 14.7 Å². The quantitative estimate of drug-likeness (QED) is 0.143. The molecule has 7 rings (SSSR count). The van der Waals surface area contributed by atoms with Gasteiger partial charge in [-0.1, -0.05) is 103 Å². The van der Waals surface area contributed by atoms with Crippen LogP contribution in [0.25, 0.3) is 21.9 Å². The third-order valence-electron chi connectivity index (χ3n) is 9.84. The topological polar surface area (TPSA) is 83.9 Å². The molecule has 5 aromatic carbocycles. The van der Waals surface area contributed by atoms with Crippen LogP contribution in [-0.2, 0) is 22.6 Å². The summed E-state index contributed by atoms with van der Waals surface area (Å²) < 4.78 is 13.3. The maximum atomic E-state index is 12.5. The van der Waals surface area contributed by atoms with Crippen LogP contribution in [0.2, 0.25) is 0 Å². The molecule has 7 heteroatoms. The fourth-order valence-electron chi connectivity index (χ4n) is 6.71. The number of rotatable bonds is 11. The van der Waals surface area contributed by atoms with E-state index in [0.29, 0.717) is 18.5 Å². The summed E-state index contributed by atoms with van der Waals surface area (Å²) in [5.41, 5.74) is 7.83. The van der Waals surface area contributed by atoms with Gasteiger partial charge in [0.05, 0.1) is 24.4 Å². The van der Waals surface area contributed by atoms with Crippen molar-refractivity contribution in [1.82, 2.24) is 15.2 Å². The smallest absolute Gasteiger partial charge is 0.253 e. The Morgan fingerprint density at radius 3 is 2.37 bits per heavy atom. The summed E-state index contributed by atoms with van der Waals surface area (Å²) in [6.45, 7) is 3.40. The van der Waals surface area contributed by atoms with Crippen molar-refractivity contribution in [1.29, 1.82) is 0 Å². The van der Waals surface area contributed by atoms with Gasteiger partial charge >= 0.3 is 0 Å². The number of fused-ring (bicyclic) bond motifs is 1. The lowest BCUT2D eigenvalue weighted by Crippen LogP contribution is -2.38. The summed E-state index contributed by atoms with van der Waals surface area (Å²) in [6, 6.07) is 43.4. The summed E-state index contributed by atoms with van der Waals surface area (Å²) in [6.07, 6.45) is 3.15. The molecule has 0 spiro atoms. The highest BCUT2D eigenvalue weighted by Gasteiger charge is 2.33. The summed E-state index contributed by atoms with van der Waals surface area (Å²) in [7, 11) is 2.16. The van der Waals surface area contributed by atoms with Gasteiger partial charge in [0.15, 0.2) is 6.29 Å². The van der Waals surface area contributed by atoms with Crippen LogP contribution in [0.15, 0.2) is 140 Å². The Labute approximate surface area is 299 Å². The second-order valence-corrected chi connectivity index (χ2v) is 13.3. The number of ether oxygens (including phenoxy) is 2. The average Bonchev–Trinajstić information content (AvgIpc) is 3.19. The van der Waals surface area contributed by atoms with Gasteiger partial charge in [-0.15, -0.1) is 0 Å². The molecule has 1 aromatic heterocycles. The van der Waals surface area contributed by atoms with Gasteiger partial charge in [0.1, 0.15) is 0 Å². The first kappa shape index (κ1) is 34.3. The molecule has 2 heterocycles. The minimum atomic E-state index is -0.543. The van der Waals surface area contributed by atoms with E-state index in [0.717, 1.165) is 39.9 Å². The Bertz CT molecular complexity index is 2070. The molecule has 1 aliphatic rings. The van der Waals surface area contributed by atoms with Crippen LogP contribution in [0, 0.1) is 0 Å². The Balaban J connectivity index is 1.07. The minimum absolute atomic E-state index is 0.00686. The first-order chi connectivity index (χ1) is 24.9. The lowest BCUT2D eigenvalue weighted by molar-refractivity contribution is -0.253. The van der Waals surface area contributed by atoms with Crippen LogP contribution in [0.4, 0.5) is 0 Å². The van der Waals surface area contributed by atoms with Crippen molar-refractivity contribution in [3.8, 4) is 11.1 Å². The van der Waals surface area contributed by atoms with Gasteiger partial charge in [0.2, 0.25) is 0 Å². The van der Waals surface area contributed by atoms with Crippen LogP contribution in [0.1, 0.15) is 70.0 Å². The SMILES string of the molecule is C[C@H](c1ccc2ccccc2c1)N(C)C[C@@H]1C[C@H](c2ccc(CO)cc2)O[C@H](c2ccc(-c3cccc(CNC(=O)c4cccnc4)c3)cc2)O1. The second kappa shape index (κ2) is 15.8. The van der Waals surface area contributed by atoms with Crippen LogP contribution >= 0.6 is 0 Å². The lowest BCUT2D eigenvalue weighted by Gasteiger charge is -2.39. The number of benzene rings is 5. The fourth-order valence-corrected chi connectivity index (χ4v) is 6.71. The average molecular weight is 678 g/mol. The maximum absolute atomic E-state index is 12.5. The third-order valence-corrected chi connectivity index (χ3v) is 9.84. The fraction of sp³-hybridized carbons (Fsp3) is 0.227. The van der Waals surface area contributed by atoms with Crippen LogP contribution in [-0.4, -0.2) is 40.6 Å². The zero-order valence-electron chi connectivity index (χ0n) is 29.0. The first-order valence-electron chi connectivity index (χ1n) is 17.5. The standard InChI is InChI=1S/C44H43N3O4/c1-30(37-21-18-33-8-3-4-9-39(33)24-37)47(2)28-41-25-42(35-14-12-31(29-48)13-15-35)51-44(50-41)36-19-16-34(17-20-36)38-10-5-7-32(23-38)26-46-43(49)40-11-6-22-45-27-40/h3-24,27,30,41-42,44,48H,25-26,28-29H2,1-2H3,(H,46,49)/t30-,41+,42-,44-/m1/s1. The molecule has 1 fully saturated rings. The van der Waals surface area contributed by atoms with Crippen LogP contribution in [0.3, 0.4) is 0 Å². The lowest BCUT2D eigenvalue weighted by atomic mass is 9.98. The van der Waals surface area contributed by atoms with E-state index in [9.17, 15) is 9.90 Å². The maximum Gasteiger partial charge on any atom is 0.253 e. The van der Waals surface area contributed by atoms with E-state index in [1.165, 1.54) is 16.3 Å². The molecule has 0 radical (unpaired) electrons. The molecule has 2 N–H and O–H groups in total. The molecule has 0 aliphatic carbocycles. The summed E-state index contributed by atoms with van der Waals surface area (Å²) in [5, 5.41) is 15.1. The normalized spacial score (nSPS) is 18.1. The Morgan fingerprint density at radius 1 is 0.824 bits per heavy atom. The monoisotopic (exact) mass is 677 g/mol. The summed E-state index contributed by atoms with van der Waals surface area (Å²) in [4.78, 5) is 18.9. The zero-order chi connectivity index (χ0) is 35.2. The van der Waals surface area contributed by atoms with E-state index in [1.807, 2.05) is 36.4 Å². The molecule has 1 amide bonds. The number of nitrogens with zero attached hydrogens (tertiary/aromatic N) is 2. The van der Waals surface area contributed by atoms with Crippen molar-refractivity contribution < 1.29 is 19.4 Å². The van der Waals surface area contributed by atoms with Crippen molar-refractivity contribution in [2.24, 2.45) is 0 Å². The third kappa shape index (κ3) is 8.25. The van der Waals surface area contributed by atoms with Crippen molar-refractivity contribution >= 4 is 16.7 Å². The molecule has 4 atom stereocenters. The van der Waals surface area contributed by atoms with Gasteiger partial charge in [-0.2, -0.15) is 0 Å². The molecule has 7 nitrogen and oxygen atoms in total. The van der Waals surface area contributed by atoms with Gasteiger partial charge < -0.3 is 19.9 Å². The molecule has 0 saturated carbocycles. The van der Waals surface area contributed by atoms with Crippen LogP contribution < -0.4 is 5.32 Å². The van der Waals surface area contributed by atoms with E-state index in [2.05, 4.69) is 108 Å². The molecular formula is C44H43N3O4. The molecular weight excluding hydrogens is 635 g/mol. The van der Waals surface area contributed by atoms with Crippen molar-refractivity contribution in [2.75, 3.05) is 13.6 Å². The number of aliphatic hydroxyl groups excluding tert-OH is 1. The second-order valence-electron chi connectivity index (χ2n) is 13.3. The largest absolute Gasteiger partial charge is 0.392 e. The zero-order valence-corrected chi connectivity index (χ0v) is 29.0. The number of amides is 1. The summed E-state index contributed by atoms with van der Waals surface area (Å²) >= 11 is 0. The first-order valence-corrected chi connectivity index (χ1v) is 17.5. The predicted molar refractivity (Wildman–Crippen MR) is 201 cm³/mol. The molecule has 0 unspecified atom stereocenters. The Kier molecular flexibility index (Phi) is 10.6. The summed E-state index contributed by atoms with van der Waals surface area (Å²) in [5.74, 6) is -0.152. The Morgan fingerprint density at radius 2 is 1.61 bits per heavy atom. The molecule has 1 saturated heterocycles. The number of carbonyl (C=O) groups is 1. The number of pyridine rings is 1. The van der Waals surface area contributed by atoms with E-state index < -0.39 is 6.29 Å². The van der Waals surface area contributed by atoms with Crippen molar-refractivity contribution in [2.45, 2.75) is 51.0 Å². The highest BCUT2D eigenvalue weighted by molar-refractivity contribution is 5.93. The molecule has 0 bridgehead atoms. The minimum Gasteiger partial charge on any atom is -0.392 e. The highest BCUT2D eigenvalue weighted by atomic mass is 16.7. The number of nitrogens with one attached hydrogen (secondary N) is 1. The predicted octanol–water partition coefficient (Wildman–Crippen LogP) is 8.56. The molecule has 6 aromatic rings. The van der Waals surface area contributed by atoms with E-state index in [-0.39, 0.29) is 30.8 Å². The number of aliphatic hydroxyl groups is 1. The van der Waals surface area contributed by atoms with E-state index in [1.54, 1.807) is 24.5 Å². The molecule has 51 heavy (non-hydrogen) atoms. The van der Waals surface area contributed by atoms with Gasteiger partial charge in [0.25, 0.3) is 5.91 Å². The van der Waals surface area contributed by atoms with Crippen LogP contribution in [0.5, 0.6) is 0 Å². The van der Waals surface area contributed by atoms with E-state index >= 15 is 0 Å². The van der Waals surface area contributed by atoms with Gasteiger partial charge in [0, 0.05) is 43.5 Å². The van der Waals surface area contributed by atoms with Crippen molar-refractivity contribution in [3.63, 3.8) is 0 Å².